The van der Waals surface area contributed by atoms with Gasteiger partial charge in [-0.05, 0) is 13.8 Å². The van der Waals surface area contributed by atoms with Crippen molar-refractivity contribution in [2.75, 3.05) is 7.11 Å². The molecule has 0 rings (SSSR count). The van der Waals surface area contributed by atoms with Gasteiger partial charge < -0.3 is 4.74 Å². The molecule has 1 unspecified atom stereocenters. The van der Waals surface area contributed by atoms with Crippen LogP contribution in [0.2, 0.25) is 0 Å². The summed E-state index contributed by atoms with van der Waals surface area (Å²) in [5.74, 6) is 2.38. The highest BCUT2D eigenvalue weighted by atomic mass is 31.1. The first-order valence-electron chi connectivity index (χ1n) is 3.55. The Kier molecular flexibility index (Phi) is 5.08. The molecule has 0 N–H and O–H groups in total. The van der Waals surface area contributed by atoms with Crippen molar-refractivity contribution >= 4 is 8.69 Å². The molecule has 0 aliphatic rings. The molecule has 1 atom stereocenters. The molecule has 3 nitrogen and oxygen atoms in total. The molecule has 12 heavy (non-hydrogen) atoms. The van der Waals surface area contributed by atoms with Gasteiger partial charge in [-0.1, -0.05) is 5.92 Å². The quantitative estimate of drug-likeness (QED) is 0.489. The Morgan fingerprint density at radius 2 is 2.25 bits per heavy atom. The molecule has 0 aromatic heterocycles. The summed E-state index contributed by atoms with van der Waals surface area (Å²) < 4.78 is 20.0. The first-order valence-corrected chi connectivity index (χ1v) is 4.28. The molecular formula is C8H13O3P. The molecule has 0 radical (unpaired) electrons. The molecule has 0 aliphatic heterocycles. The van der Waals surface area contributed by atoms with Gasteiger partial charge in [-0.2, -0.15) is 0 Å². The highest BCUT2D eigenvalue weighted by Gasteiger charge is 2.22. The van der Waals surface area contributed by atoms with Gasteiger partial charge in [0.2, 0.25) is 0 Å². The molecule has 0 bridgehead atoms. The standard InChI is InChI=1S/C8H13O3P/c1-5-7(11-12-9)6-8(2,3)10-4/h1,7H,6H2,2-4H3. The van der Waals surface area contributed by atoms with Gasteiger partial charge >= 0.3 is 8.69 Å². The topological polar surface area (TPSA) is 35.5 Å². The van der Waals surface area contributed by atoms with Crippen LogP contribution in [0.1, 0.15) is 20.3 Å². The lowest BCUT2D eigenvalue weighted by Crippen LogP contribution is -2.28. The number of terminal acetylenes is 1. The molecule has 0 aromatic rings. The van der Waals surface area contributed by atoms with Crippen LogP contribution < -0.4 is 0 Å². The van der Waals surface area contributed by atoms with E-state index in [1.165, 1.54) is 0 Å². The Balaban J connectivity index is 4.03. The zero-order chi connectivity index (χ0) is 9.61. The van der Waals surface area contributed by atoms with Gasteiger partial charge in [0.05, 0.1) is 5.60 Å². The molecular weight excluding hydrogens is 175 g/mol. The lowest BCUT2D eigenvalue weighted by molar-refractivity contribution is -0.00228. The number of ether oxygens (including phenoxy) is 1. The third-order valence-electron chi connectivity index (χ3n) is 1.59. The molecule has 0 spiro atoms. The first kappa shape index (κ1) is 11.6. The van der Waals surface area contributed by atoms with Crippen molar-refractivity contribution in [3.05, 3.63) is 0 Å². The third-order valence-corrected chi connectivity index (χ3v) is 1.93. The van der Waals surface area contributed by atoms with E-state index in [4.69, 9.17) is 15.7 Å². The average molecular weight is 188 g/mol. The van der Waals surface area contributed by atoms with E-state index < -0.39 is 6.10 Å². The van der Waals surface area contributed by atoms with Crippen LogP contribution in [0.3, 0.4) is 0 Å². The average Bonchev–Trinajstić information content (AvgIpc) is 2.03. The van der Waals surface area contributed by atoms with Gasteiger partial charge in [0.15, 0.2) is 0 Å². The zero-order valence-electron chi connectivity index (χ0n) is 7.53. The molecule has 0 saturated heterocycles. The van der Waals surface area contributed by atoms with Crippen molar-refractivity contribution in [3.8, 4) is 12.3 Å². The number of rotatable bonds is 5. The molecule has 0 fully saturated rings. The highest BCUT2D eigenvalue weighted by Crippen LogP contribution is 2.19. The minimum atomic E-state index is -0.459. The highest BCUT2D eigenvalue weighted by molar-refractivity contribution is 7.17. The first-order chi connectivity index (χ1) is 5.55. The second kappa shape index (κ2) is 5.27. The van der Waals surface area contributed by atoms with Crippen molar-refractivity contribution in [3.63, 3.8) is 0 Å². The fraction of sp³-hybridized carbons (Fsp3) is 0.750. The SMILES string of the molecule is C#CC(CC(C)(C)OC)OP=O. The van der Waals surface area contributed by atoms with Crippen molar-refractivity contribution < 1.29 is 13.8 Å². The summed E-state index contributed by atoms with van der Waals surface area (Å²) in [6.45, 7) is 3.78. The van der Waals surface area contributed by atoms with Gasteiger partial charge in [0, 0.05) is 13.5 Å². The molecule has 0 aromatic carbocycles. The van der Waals surface area contributed by atoms with E-state index in [1.54, 1.807) is 7.11 Å². The monoisotopic (exact) mass is 188 g/mol. The molecule has 4 heteroatoms. The largest absolute Gasteiger partial charge is 0.379 e. The summed E-state index contributed by atoms with van der Waals surface area (Å²) >= 11 is 0. The number of hydrogen-bond acceptors (Lipinski definition) is 3. The van der Waals surface area contributed by atoms with Crippen LogP contribution >= 0.6 is 8.69 Å². The Morgan fingerprint density at radius 1 is 1.67 bits per heavy atom. The van der Waals surface area contributed by atoms with E-state index in [9.17, 15) is 4.57 Å². The maximum Gasteiger partial charge on any atom is 0.328 e. The molecule has 68 valence electrons. The van der Waals surface area contributed by atoms with Gasteiger partial charge in [-0.3, -0.25) is 4.52 Å². The summed E-state index contributed by atoms with van der Waals surface area (Å²) in [6, 6.07) is 0. The normalized spacial score (nSPS) is 14.2. The van der Waals surface area contributed by atoms with Gasteiger partial charge in [0.1, 0.15) is 6.10 Å². The second-order valence-electron chi connectivity index (χ2n) is 3.00. The van der Waals surface area contributed by atoms with Crippen LogP contribution in [-0.4, -0.2) is 18.8 Å². The molecule has 0 amide bonds. The van der Waals surface area contributed by atoms with Crippen LogP contribution in [0.4, 0.5) is 0 Å². The predicted molar refractivity (Wildman–Crippen MR) is 47.0 cm³/mol. The van der Waals surface area contributed by atoms with E-state index >= 15 is 0 Å². The van der Waals surface area contributed by atoms with Crippen molar-refractivity contribution in [1.29, 1.82) is 0 Å². The summed E-state index contributed by atoms with van der Waals surface area (Å²) in [5.41, 5.74) is -0.346. The summed E-state index contributed by atoms with van der Waals surface area (Å²) in [6.07, 6.45) is 5.21. The van der Waals surface area contributed by atoms with E-state index in [0.717, 1.165) is 0 Å². The fourth-order valence-electron chi connectivity index (χ4n) is 0.708. The lowest BCUT2D eigenvalue weighted by Gasteiger charge is -2.24. The van der Waals surface area contributed by atoms with E-state index in [0.29, 0.717) is 6.42 Å². The minimum Gasteiger partial charge on any atom is -0.379 e. The van der Waals surface area contributed by atoms with E-state index in [1.807, 2.05) is 13.8 Å². The van der Waals surface area contributed by atoms with Crippen LogP contribution in [0.5, 0.6) is 0 Å². The van der Waals surface area contributed by atoms with E-state index in [-0.39, 0.29) is 14.3 Å². The molecule has 0 heterocycles. The molecule has 0 aliphatic carbocycles. The zero-order valence-corrected chi connectivity index (χ0v) is 8.43. The van der Waals surface area contributed by atoms with Crippen LogP contribution in [-0.2, 0) is 13.8 Å². The Bertz CT molecular complexity index is 183. The number of hydrogen-bond donors (Lipinski definition) is 0. The Morgan fingerprint density at radius 3 is 2.58 bits per heavy atom. The maximum absolute atomic E-state index is 10.1. The Hall–Kier alpha value is -0.420. The van der Waals surface area contributed by atoms with Crippen molar-refractivity contribution in [2.45, 2.75) is 32.0 Å². The van der Waals surface area contributed by atoms with Gasteiger partial charge in [0.25, 0.3) is 0 Å². The fourth-order valence-corrected chi connectivity index (χ4v) is 0.948. The van der Waals surface area contributed by atoms with Crippen LogP contribution in [0.15, 0.2) is 0 Å². The summed E-state index contributed by atoms with van der Waals surface area (Å²) in [7, 11) is 1.21. The second-order valence-corrected chi connectivity index (χ2v) is 3.36. The Labute approximate surface area is 74.7 Å². The lowest BCUT2D eigenvalue weighted by atomic mass is 10.0. The third kappa shape index (κ3) is 4.46. The minimum absolute atomic E-state index is 0.346. The van der Waals surface area contributed by atoms with E-state index in [2.05, 4.69) is 5.92 Å². The van der Waals surface area contributed by atoms with Gasteiger partial charge in [-0.25, -0.2) is 4.57 Å². The van der Waals surface area contributed by atoms with Crippen LogP contribution in [0.25, 0.3) is 0 Å². The summed E-state index contributed by atoms with van der Waals surface area (Å²) in [5, 5.41) is 0. The summed E-state index contributed by atoms with van der Waals surface area (Å²) in [4.78, 5) is 0. The maximum atomic E-state index is 10.1. The predicted octanol–water partition coefficient (Wildman–Crippen LogP) is 2.03. The van der Waals surface area contributed by atoms with Crippen LogP contribution in [0, 0.1) is 12.3 Å². The van der Waals surface area contributed by atoms with Gasteiger partial charge in [-0.15, -0.1) is 6.42 Å². The van der Waals surface area contributed by atoms with Crippen molar-refractivity contribution in [1.82, 2.24) is 0 Å². The van der Waals surface area contributed by atoms with Crippen molar-refractivity contribution in [2.24, 2.45) is 0 Å². The smallest absolute Gasteiger partial charge is 0.328 e. The molecule has 0 saturated carbocycles. The number of methoxy groups -OCH3 is 1.